The number of rotatable bonds is 6. The molecular weight excluding hydrogens is 279 g/mol. The molecule has 3 N–H and O–H groups in total. The fourth-order valence-corrected chi connectivity index (χ4v) is 3.54. The highest BCUT2D eigenvalue weighted by Crippen LogP contribution is 2.24. The molecular formula is C17H27FN4. The molecule has 4 nitrogen and oxygen atoms in total. The lowest BCUT2D eigenvalue weighted by Gasteiger charge is -2.25. The lowest BCUT2D eigenvalue weighted by atomic mass is 9.95. The van der Waals surface area contributed by atoms with Gasteiger partial charge in [0.25, 0.3) is 0 Å². The Morgan fingerprint density at radius 2 is 2.00 bits per heavy atom. The van der Waals surface area contributed by atoms with Gasteiger partial charge in [-0.15, -0.1) is 0 Å². The average Bonchev–Trinajstić information content (AvgIpc) is 3.19. The highest BCUT2D eigenvalue weighted by Gasteiger charge is 2.28. The fraction of sp³-hybridized carbons (Fsp3) is 0.647. The third-order valence-corrected chi connectivity index (χ3v) is 4.93. The van der Waals surface area contributed by atoms with E-state index in [0.29, 0.717) is 12.0 Å². The number of likely N-dealkylation sites (tertiary alicyclic amines) is 1. The molecule has 22 heavy (non-hydrogen) atoms. The van der Waals surface area contributed by atoms with Crippen molar-refractivity contribution in [3.05, 3.63) is 35.6 Å². The van der Waals surface area contributed by atoms with Gasteiger partial charge in [-0.2, -0.15) is 0 Å². The summed E-state index contributed by atoms with van der Waals surface area (Å²) in [5, 5.41) is 3.62. The zero-order chi connectivity index (χ0) is 15.4. The third-order valence-electron chi connectivity index (χ3n) is 4.93. The molecule has 1 aromatic carbocycles. The maximum absolute atomic E-state index is 13.1. The number of hydrogen-bond donors (Lipinski definition) is 3. The van der Waals surface area contributed by atoms with Crippen LogP contribution >= 0.6 is 0 Å². The van der Waals surface area contributed by atoms with E-state index in [1.165, 1.54) is 38.1 Å². The number of nitrogens with one attached hydrogen (secondary N) is 3. The molecule has 0 aromatic heterocycles. The van der Waals surface area contributed by atoms with E-state index in [2.05, 4.69) is 28.0 Å². The van der Waals surface area contributed by atoms with Gasteiger partial charge in [0.05, 0.1) is 6.04 Å². The van der Waals surface area contributed by atoms with E-state index < -0.39 is 0 Å². The summed E-state index contributed by atoms with van der Waals surface area (Å²) in [6.45, 7) is 7.74. The lowest BCUT2D eigenvalue weighted by Crippen LogP contribution is -2.40. The van der Waals surface area contributed by atoms with Crippen molar-refractivity contribution in [2.45, 2.75) is 31.8 Å². The minimum absolute atomic E-state index is 0.177. The molecule has 0 aliphatic carbocycles. The SMILES string of the molecule is CC(CNCC1CNNC1c1ccc(F)cc1)N1CCCC1. The lowest BCUT2D eigenvalue weighted by molar-refractivity contribution is 0.248. The van der Waals surface area contributed by atoms with Crippen LogP contribution in [0.25, 0.3) is 0 Å². The predicted octanol–water partition coefficient (Wildman–Crippen LogP) is 1.66. The molecule has 2 aliphatic rings. The summed E-state index contributed by atoms with van der Waals surface area (Å²) in [5.41, 5.74) is 7.69. The van der Waals surface area contributed by atoms with Crippen LogP contribution in [-0.2, 0) is 0 Å². The first-order valence-corrected chi connectivity index (χ1v) is 8.42. The largest absolute Gasteiger partial charge is 0.315 e. The van der Waals surface area contributed by atoms with E-state index in [-0.39, 0.29) is 11.9 Å². The molecule has 5 heteroatoms. The van der Waals surface area contributed by atoms with Gasteiger partial charge >= 0.3 is 0 Å². The highest BCUT2D eigenvalue weighted by atomic mass is 19.1. The number of benzene rings is 1. The minimum Gasteiger partial charge on any atom is -0.315 e. The minimum atomic E-state index is -0.177. The highest BCUT2D eigenvalue weighted by molar-refractivity contribution is 5.21. The van der Waals surface area contributed by atoms with Crippen molar-refractivity contribution in [1.29, 1.82) is 0 Å². The molecule has 3 rings (SSSR count). The Labute approximate surface area is 132 Å². The van der Waals surface area contributed by atoms with Crippen molar-refractivity contribution in [2.75, 3.05) is 32.7 Å². The molecule has 0 spiro atoms. The molecule has 1 aromatic rings. The predicted molar refractivity (Wildman–Crippen MR) is 86.9 cm³/mol. The average molecular weight is 306 g/mol. The van der Waals surface area contributed by atoms with Crippen LogP contribution in [0.1, 0.15) is 31.4 Å². The van der Waals surface area contributed by atoms with Crippen molar-refractivity contribution in [1.82, 2.24) is 21.1 Å². The molecule has 2 aliphatic heterocycles. The molecule has 3 unspecified atom stereocenters. The van der Waals surface area contributed by atoms with Crippen molar-refractivity contribution >= 4 is 0 Å². The Balaban J connectivity index is 1.47. The Bertz CT molecular complexity index is 458. The fourth-order valence-electron chi connectivity index (χ4n) is 3.54. The van der Waals surface area contributed by atoms with Gasteiger partial charge in [0.1, 0.15) is 5.82 Å². The summed E-state index contributed by atoms with van der Waals surface area (Å²) < 4.78 is 13.1. The van der Waals surface area contributed by atoms with Crippen LogP contribution in [0.4, 0.5) is 4.39 Å². The van der Waals surface area contributed by atoms with Gasteiger partial charge in [0.2, 0.25) is 0 Å². The Kier molecular flexibility index (Phi) is 5.41. The number of hydrazine groups is 1. The van der Waals surface area contributed by atoms with Gasteiger partial charge in [-0.25, -0.2) is 9.82 Å². The van der Waals surface area contributed by atoms with Gasteiger partial charge in [-0.3, -0.25) is 10.3 Å². The van der Waals surface area contributed by atoms with Crippen molar-refractivity contribution in [2.24, 2.45) is 5.92 Å². The molecule has 122 valence electrons. The topological polar surface area (TPSA) is 39.3 Å². The molecule has 0 bridgehead atoms. The third kappa shape index (κ3) is 3.84. The maximum atomic E-state index is 13.1. The van der Waals surface area contributed by atoms with Gasteiger partial charge < -0.3 is 5.32 Å². The van der Waals surface area contributed by atoms with Crippen LogP contribution in [0.3, 0.4) is 0 Å². The number of hydrogen-bond acceptors (Lipinski definition) is 4. The molecule has 2 fully saturated rings. The van der Waals surface area contributed by atoms with Gasteiger partial charge in [0.15, 0.2) is 0 Å². The van der Waals surface area contributed by atoms with E-state index in [0.717, 1.165) is 25.2 Å². The summed E-state index contributed by atoms with van der Waals surface area (Å²) in [7, 11) is 0. The van der Waals surface area contributed by atoms with Crippen LogP contribution < -0.4 is 16.2 Å². The number of nitrogens with zero attached hydrogens (tertiary/aromatic N) is 1. The summed E-state index contributed by atoms with van der Waals surface area (Å²) >= 11 is 0. The molecule has 3 atom stereocenters. The van der Waals surface area contributed by atoms with E-state index >= 15 is 0 Å². The molecule has 0 radical (unpaired) electrons. The quantitative estimate of drug-likeness (QED) is 0.747. The first-order chi connectivity index (χ1) is 10.7. The second-order valence-corrected chi connectivity index (χ2v) is 6.56. The van der Waals surface area contributed by atoms with E-state index in [9.17, 15) is 4.39 Å². The molecule has 2 heterocycles. The Morgan fingerprint density at radius 1 is 1.27 bits per heavy atom. The molecule has 0 saturated carbocycles. The Hall–Kier alpha value is -1.01. The van der Waals surface area contributed by atoms with Crippen molar-refractivity contribution in [3.8, 4) is 0 Å². The summed E-state index contributed by atoms with van der Waals surface area (Å²) in [5.74, 6) is 0.306. The second kappa shape index (κ2) is 7.51. The number of halogens is 1. The smallest absolute Gasteiger partial charge is 0.123 e. The first-order valence-electron chi connectivity index (χ1n) is 8.42. The molecule has 0 amide bonds. The maximum Gasteiger partial charge on any atom is 0.123 e. The monoisotopic (exact) mass is 306 g/mol. The van der Waals surface area contributed by atoms with Crippen LogP contribution in [0, 0.1) is 11.7 Å². The van der Waals surface area contributed by atoms with Crippen molar-refractivity contribution in [3.63, 3.8) is 0 Å². The van der Waals surface area contributed by atoms with E-state index in [4.69, 9.17) is 0 Å². The van der Waals surface area contributed by atoms with E-state index in [1.54, 1.807) is 0 Å². The van der Waals surface area contributed by atoms with Gasteiger partial charge in [-0.1, -0.05) is 12.1 Å². The van der Waals surface area contributed by atoms with Gasteiger partial charge in [0, 0.05) is 31.6 Å². The van der Waals surface area contributed by atoms with Crippen LogP contribution in [-0.4, -0.2) is 43.7 Å². The molecule has 2 saturated heterocycles. The second-order valence-electron chi connectivity index (χ2n) is 6.56. The summed E-state index contributed by atoms with van der Waals surface area (Å²) in [4.78, 5) is 2.57. The van der Waals surface area contributed by atoms with E-state index in [1.807, 2.05) is 12.1 Å². The zero-order valence-corrected chi connectivity index (χ0v) is 13.3. The zero-order valence-electron chi connectivity index (χ0n) is 13.3. The van der Waals surface area contributed by atoms with Crippen molar-refractivity contribution < 1.29 is 4.39 Å². The summed E-state index contributed by atoms with van der Waals surface area (Å²) in [6.07, 6.45) is 2.68. The Morgan fingerprint density at radius 3 is 2.73 bits per heavy atom. The summed E-state index contributed by atoms with van der Waals surface area (Å²) in [6, 6.07) is 7.67. The van der Waals surface area contributed by atoms with Crippen LogP contribution in [0.5, 0.6) is 0 Å². The first kappa shape index (κ1) is 15.9. The van der Waals surface area contributed by atoms with Crippen LogP contribution in [0.2, 0.25) is 0 Å². The standard InChI is InChI=1S/C17H27FN4/c1-13(22-8-2-3-9-22)10-19-11-15-12-20-21-17(15)14-4-6-16(18)7-5-14/h4-7,13,15,17,19-21H,2-3,8-12H2,1H3. The van der Waals surface area contributed by atoms with Gasteiger partial charge in [-0.05, 0) is 50.6 Å². The normalized spacial score (nSPS) is 27.4. The van der Waals surface area contributed by atoms with Crippen LogP contribution in [0.15, 0.2) is 24.3 Å².